The molecular weight excluding hydrogens is 284 g/mol. The first-order valence-electron chi connectivity index (χ1n) is 5.64. The number of thioether (sulfide) groups is 1. The van der Waals surface area contributed by atoms with Crippen LogP contribution in [0.5, 0.6) is 5.75 Å². The summed E-state index contributed by atoms with van der Waals surface area (Å²) in [6.07, 6.45) is 1.09. The van der Waals surface area contributed by atoms with Crippen LogP contribution in [-0.4, -0.2) is 12.4 Å². The summed E-state index contributed by atoms with van der Waals surface area (Å²) < 4.78 is 6.96. The van der Waals surface area contributed by atoms with Gasteiger partial charge in [-0.2, -0.15) is 0 Å². The normalized spacial score (nSPS) is 17.8. The van der Waals surface area contributed by atoms with Crippen LogP contribution in [0.3, 0.4) is 0 Å². The van der Waals surface area contributed by atoms with E-state index in [1.165, 1.54) is 14.9 Å². The topological polar surface area (TPSA) is 9.23 Å². The van der Waals surface area contributed by atoms with Crippen molar-refractivity contribution in [3.05, 3.63) is 22.2 Å². The van der Waals surface area contributed by atoms with Gasteiger partial charge >= 0.3 is 0 Å². The minimum Gasteiger partial charge on any atom is -0.493 e. The molecule has 2 rings (SSSR count). The van der Waals surface area contributed by atoms with Crippen molar-refractivity contribution in [1.29, 1.82) is 0 Å². The lowest BCUT2D eigenvalue weighted by atomic mass is 9.80. The van der Waals surface area contributed by atoms with Crippen molar-refractivity contribution in [3.8, 4) is 5.75 Å². The Labute approximate surface area is 110 Å². The number of rotatable bonds is 2. The second-order valence-corrected chi connectivity index (χ2v) is 6.85. The second-order valence-electron chi connectivity index (χ2n) is 4.69. The van der Waals surface area contributed by atoms with Crippen LogP contribution in [0.1, 0.15) is 32.8 Å². The number of hydrogen-bond acceptors (Lipinski definition) is 2. The molecule has 1 aliphatic heterocycles. The van der Waals surface area contributed by atoms with E-state index in [4.69, 9.17) is 4.74 Å². The van der Waals surface area contributed by atoms with Gasteiger partial charge in [0, 0.05) is 14.9 Å². The van der Waals surface area contributed by atoms with Gasteiger partial charge in [-0.3, -0.25) is 0 Å². The molecule has 0 amide bonds. The Morgan fingerprint density at radius 3 is 2.88 bits per heavy atom. The fourth-order valence-electron chi connectivity index (χ4n) is 2.00. The Morgan fingerprint density at radius 1 is 1.44 bits per heavy atom. The van der Waals surface area contributed by atoms with Crippen LogP contribution in [0.4, 0.5) is 0 Å². The average molecular weight is 301 g/mol. The molecule has 0 saturated heterocycles. The van der Waals surface area contributed by atoms with Gasteiger partial charge < -0.3 is 4.74 Å². The fourth-order valence-corrected chi connectivity index (χ4v) is 3.38. The van der Waals surface area contributed by atoms with Gasteiger partial charge in [-0.15, -0.1) is 11.8 Å². The maximum Gasteiger partial charge on any atom is 0.124 e. The van der Waals surface area contributed by atoms with Gasteiger partial charge in [0.05, 0.1) is 6.61 Å². The van der Waals surface area contributed by atoms with Crippen molar-refractivity contribution >= 4 is 27.7 Å². The van der Waals surface area contributed by atoms with E-state index in [9.17, 15) is 0 Å². The summed E-state index contributed by atoms with van der Waals surface area (Å²) in [6, 6.07) is 4.40. The standard InChI is InChI=1S/C13H17BrOS/c1-4-16-12-8-11-9(7-10(12)14)13(2,3)5-6-15-11/h7-8H,4-6H2,1-3H3. The van der Waals surface area contributed by atoms with Gasteiger partial charge in [0.25, 0.3) is 0 Å². The second kappa shape index (κ2) is 4.61. The van der Waals surface area contributed by atoms with Gasteiger partial charge in [-0.1, -0.05) is 20.8 Å². The minimum absolute atomic E-state index is 0.228. The van der Waals surface area contributed by atoms with Crippen molar-refractivity contribution in [3.63, 3.8) is 0 Å². The molecule has 0 radical (unpaired) electrons. The van der Waals surface area contributed by atoms with E-state index in [-0.39, 0.29) is 5.41 Å². The van der Waals surface area contributed by atoms with E-state index < -0.39 is 0 Å². The molecule has 0 aliphatic carbocycles. The Morgan fingerprint density at radius 2 is 2.19 bits per heavy atom. The number of ether oxygens (including phenoxy) is 1. The predicted molar refractivity (Wildman–Crippen MR) is 73.7 cm³/mol. The first kappa shape index (κ1) is 12.3. The molecule has 1 heterocycles. The van der Waals surface area contributed by atoms with E-state index in [0.717, 1.165) is 24.5 Å². The highest BCUT2D eigenvalue weighted by atomic mass is 79.9. The molecule has 1 aromatic carbocycles. The molecule has 0 saturated carbocycles. The van der Waals surface area contributed by atoms with E-state index in [0.29, 0.717) is 0 Å². The van der Waals surface area contributed by atoms with Crippen molar-refractivity contribution in [2.75, 3.05) is 12.4 Å². The third-order valence-corrected chi connectivity index (χ3v) is 4.90. The number of benzene rings is 1. The Bertz CT molecular complexity index is 401. The first-order valence-corrected chi connectivity index (χ1v) is 7.42. The molecule has 0 spiro atoms. The van der Waals surface area contributed by atoms with Gasteiger partial charge in [-0.25, -0.2) is 0 Å². The van der Waals surface area contributed by atoms with Crippen molar-refractivity contribution in [1.82, 2.24) is 0 Å². The van der Waals surface area contributed by atoms with Crippen LogP contribution in [0, 0.1) is 0 Å². The van der Waals surface area contributed by atoms with Crippen molar-refractivity contribution in [2.45, 2.75) is 37.5 Å². The van der Waals surface area contributed by atoms with E-state index in [1.807, 2.05) is 11.8 Å². The molecular formula is C13H17BrOS. The maximum atomic E-state index is 5.77. The maximum absolute atomic E-state index is 5.77. The van der Waals surface area contributed by atoms with Gasteiger partial charge in [0.2, 0.25) is 0 Å². The summed E-state index contributed by atoms with van der Waals surface area (Å²) in [7, 11) is 0. The number of halogens is 1. The molecule has 0 atom stereocenters. The summed E-state index contributed by atoms with van der Waals surface area (Å²) in [5.74, 6) is 2.15. The molecule has 0 unspecified atom stereocenters. The molecule has 1 aromatic rings. The third kappa shape index (κ3) is 2.25. The van der Waals surface area contributed by atoms with Crippen molar-refractivity contribution < 1.29 is 4.74 Å². The molecule has 88 valence electrons. The highest BCUT2D eigenvalue weighted by Crippen LogP contribution is 2.43. The largest absolute Gasteiger partial charge is 0.493 e. The van der Waals surface area contributed by atoms with Crippen LogP contribution in [0.2, 0.25) is 0 Å². The van der Waals surface area contributed by atoms with E-state index in [1.54, 1.807) is 0 Å². The zero-order chi connectivity index (χ0) is 11.8. The SMILES string of the molecule is CCSc1cc2c(cc1Br)C(C)(C)CCO2. The number of fused-ring (bicyclic) bond motifs is 1. The summed E-state index contributed by atoms with van der Waals surface area (Å²) >= 11 is 5.50. The van der Waals surface area contributed by atoms with Crippen LogP contribution in [0.15, 0.2) is 21.5 Å². The molecule has 3 heteroatoms. The molecule has 16 heavy (non-hydrogen) atoms. The quantitative estimate of drug-likeness (QED) is 0.737. The lowest BCUT2D eigenvalue weighted by molar-refractivity contribution is 0.233. The summed E-state index contributed by atoms with van der Waals surface area (Å²) in [5.41, 5.74) is 1.55. The smallest absolute Gasteiger partial charge is 0.124 e. The van der Waals surface area contributed by atoms with Crippen LogP contribution in [-0.2, 0) is 5.41 Å². The lowest BCUT2D eigenvalue weighted by Gasteiger charge is -2.33. The molecule has 1 nitrogen and oxygen atoms in total. The highest BCUT2D eigenvalue weighted by molar-refractivity contribution is 9.10. The summed E-state index contributed by atoms with van der Waals surface area (Å²) in [6.45, 7) is 7.57. The molecule has 0 fully saturated rings. The zero-order valence-electron chi connectivity index (χ0n) is 9.97. The summed E-state index contributed by atoms with van der Waals surface area (Å²) in [5, 5.41) is 0. The van der Waals surface area contributed by atoms with Gasteiger partial charge in [0.15, 0.2) is 0 Å². The highest BCUT2D eigenvalue weighted by Gasteiger charge is 2.29. The van der Waals surface area contributed by atoms with Crippen LogP contribution in [0.25, 0.3) is 0 Å². The molecule has 0 N–H and O–H groups in total. The Balaban J connectivity index is 2.47. The van der Waals surface area contributed by atoms with Crippen molar-refractivity contribution in [2.24, 2.45) is 0 Å². The third-order valence-electron chi connectivity index (χ3n) is 3.05. The van der Waals surface area contributed by atoms with Crippen LogP contribution >= 0.6 is 27.7 Å². The lowest BCUT2D eigenvalue weighted by Crippen LogP contribution is -2.26. The monoisotopic (exact) mass is 300 g/mol. The Kier molecular flexibility index (Phi) is 3.55. The van der Waals surface area contributed by atoms with E-state index >= 15 is 0 Å². The number of hydrogen-bond donors (Lipinski definition) is 0. The Hall–Kier alpha value is -0.150. The first-order chi connectivity index (χ1) is 7.54. The molecule has 0 aromatic heterocycles. The minimum atomic E-state index is 0.228. The zero-order valence-corrected chi connectivity index (χ0v) is 12.4. The van der Waals surface area contributed by atoms with E-state index in [2.05, 4.69) is 48.8 Å². The van der Waals surface area contributed by atoms with Gasteiger partial charge in [-0.05, 0) is 45.7 Å². The predicted octanol–water partition coefficient (Wildman–Crippen LogP) is 4.62. The van der Waals surface area contributed by atoms with Crippen LogP contribution < -0.4 is 4.74 Å². The summed E-state index contributed by atoms with van der Waals surface area (Å²) in [4.78, 5) is 1.28. The average Bonchev–Trinajstić information content (AvgIpc) is 2.21. The molecule has 0 bridgehead atoms. The fraction of sp³-hybridized carbons (Fsp3) is 0.538. The molecule has 1 aliphatic rings. The van der Waals surface area contributed by atoms with Gasteiger partial charge in [0.1, 0.15) is 5.75 Å².